The minimum Gasteiger partial charge on any atom is -0.330 e. The lowest BCUT2D eigenvalue weighted by Crippen LogP contribution is -2.12. The highest BCUT2D eigenvalue weighted by Crippen LogP contribution is 2.32. The molecule has 1 rings (SSSR count). The van der Waals surface area contributed by atoms with Crippen LogP contribution in [-0.4, -0.2) is 12.3 Å². The fraction of sp³-hybridized carbons (Fsp3) is 0.462. The molecule has 1 aromatic rings. The Morgan fingerprint density at radius 2 is 1.83 bits per heavy atom. The van der Waals surface area contributed by atoms with E-state index < -0.39 is 11.7 Å². The van der Waals surface area contributed by atoms with E-state index in [-0.39, 0.29) is 24.2 Å². The first-order valence-corrected chi connectivity index (χ1v) is 5.82. The van der Waals surface area contributed by atoms with Gasteiger partial charge in [-0.2, -0.15) is 13.2 Å². The van der Waals surface area contributed by atoms with Crippen LogP contribution in [0.25, 0.3) is 0 Å². The highest BCUT2D eigenvalue weighted by atomic mass is 19.4. The minimum atomic E-state index is -4.41. The molecule has 0 saturated carbocycles. The van der Waals surface area contributed by atoms with Crippen LogP contribution in [0.1, 0.15) is 30.4 Å². The summed E-state index contributed by atoms with van der Waals surface area (Å²) >= 11 is 0. The van der Waals surface area contributed by atoms with E-state index in [0.717, 1.165) is 6.07 Å². The molecule has 0 atom stereocenters. The summed E-state index contributed by atoms with van der Waals surface area (Å²) in [6.45, 7) is 0.492. The van der Waals surface area contributed by atoms with Crippen molar-refractivity contribution in [2.45, 2.75) is 31.9 Å². The van der Waals surface area contributed by atoms with Gasteiger partial charge in [0.25, 0.3) is 0 Å². The summed E-state index contributed by atoms with van der Waals surface area (Å²) in [6.07, 6.45) is -2.95. The molecule has 2 N–H and O–H groups in total. The number of carbonyl (C=O) groups excluding carboxylic acids is 1. The molecule has 0 aromatic heterocycles. The predicted molar refractivity (Wildman–Crippen MR) is 63.1 cm³/mol. The van der Waals surface area contributed by atoms with E-state index in [1.807, 2.05) is 0 Å². The first-order valence-electron chi connectivity index (χ1n) is 5.82. The quantitative estimate of drug-likeness (QED) is 0.798. The third-order valence-electron chi connectivity index (χ3n) is 2.62. The number of hydrogen-bond acceptors (Lipinski definition) is 2. The number of nitrogens with two attached hydrogens (primary N) is 1. The molecule has 0 unspecified atom stereocenters. The van der Waals surface area contributed by atoms with Gasteiger partial charge in [-0.15, -0.1) is 0 Å². The van der Waals surface area contributed by atoms with Crippen molar-refractivity contribution in [3.8, 4) is 0 Å². The van der Waals surface area contributed by atoms with Gasteiger partial charge < -0.3 is 5.73 Å². The number of hydrogen-bond donors (Lipinski definition) is 1. The normalized spacial score (nSPS) is 11.6. The number of alkyl halides is 3. The third kappa shape index (κ3) is 4.49. The van der Waals surface area contributed by atoms with Crippen molar-refractivity contribution in [3.63, 3.8) is 0 Å². The second-order valence-electron chi connectivity index (χ2n) is 4.12. The van der Waals surface area contributed by atoms with Crippen LogP contribution >= 0.6 is 0 Å². The fourth-order valence-corrected chi connectivity index (χ4v) is 1.72. The van der Waals surface area contributed by atoms with Gasteiger partial charge in [-0.25, -0.2) is 0 Å². The molecule has 0 amide bonds. The van der Waals surface area contributed by atoms with Crippen molar-refractivity contribution in [1.29, 1.82) is 0 Å². The van der Waals surface area contributed by atoms with Gasteiger partial charge >= 0.3 is 6.18 Å². The van der Waals surface area contributed by atoms with E-state index in [1.54, 1.807) is 0 Å². The number of Topliss-reactive ketones (excluding diaryl/α,β-unsaturated/α-hetero) is 1. The van der Waals surface area contributed by atoms with Gasteiger partial charge in [-0.1, -0.05) is 18.2 Å². The van der Waals surface area contributed by atoms with Gasteiger partial charge in [0.05, 0.1) is 5.56 Å². The fourth-order valence-electron chi connectivity index (χ4n) is 1.72. The van der Waals surface area contributed by atoms with Crippen LogP contribution < -0.4 is 5.73 Å². The van der Waals surface area contributed by atoms with Crippen LogP contribution in [0.15, 0.2) is 24.3 Å². The molecule has 0 bridgehead atoms. The van der Waals surface area contributed by atoms with E-state index in [1.165, 1.54) is 18.2 Å². The van der Waals surface area contributed by atoms with Crippen molar-refractivity contribution >= 4 is 5.78 Å². The van der Waals surface area contributed by atoms with Crippen LogP contribution in [0, 0.1) is 0 Å². The van der Waals surface area contributed by atoms with Gasteiger partial charge in [0.2, 0.25) is 0 Å². The largest absolute Gasteiger partial charge is 0.416 e. The first-order chi connectivity index (χ1) is 8.45. The third-order valence-corrected chi connectivity index (χ3v) is 2.62. The van der Waals surface area contributed by atoms with Crippen molar-refractivity contribution in [1.82, 2.24) is 0 Å². The van der Waals surface area contributed by atoms with Gasteiger partial charge in [0, 0.05) is 12.8 Å². The average Bonchev–Trinajstić information content (AvgIpc) is 2.28. The molecule has 1 aromatic carbocycles. The summed E-state index contributed by atoms with van der Waals surface area (Å²) in [5.41, 5.74) is 4.61. The van der Waals surface area contributed by atoms with Crippen LogP contribution in [-0.2, 0) is 17.4 Å². The lowest BCUT2D eigenvalue weighted by molar-refractivity contribution is -0.138. The van der Waals surface area contributed by atoms with Crippen molar-refractivity contribution in [2.24, 2.45) is 5.73 Å². The lowest BCUT2D eigenvalue weighted by atomic mass is 9.99. The molecule has 18 heavy (non-hydrogen) atoms. The summed E-state index contributed by atoms with van der Waals surface area (Å²) in [4.78, 5) is 11.6. The van der Waals surface area contributed by atoms with Crippen molar-refractivity contribution < 1.29 is 18.0 Å². The Labute approximate surface area is 104 Å². The molecule has 5 heteroatoms. The summed E-state index contributed by atoms with van der Waals surface area (Å²) in [7, 11) is 0. The summed E-state index contributed by atoms with van der Waals surface area (Å²) in [5, 5.41) is 0. The molecule has 0 aliphatic heterocycles. The smallest absolute Gasteiger partial charge is 0.330 e. The van der Waals surface area contributed by atoms with E-state index in [9.17, 15) is 18.0 Å². The zero-order chi connectivity index (χ0) is 13.6. The Morgan fingerprint density at radius 3 is 2.44 bits per heavy atom. The molecular weight excluding hydrogens is 243 g/mol. The maximum atomic E-state index is 12.7. The number of rotatable bonds is 6. The average molecular weight is 259 g/mol. The summed E-state index contributed by atoms with van der Waals surface area (Å²) < 4.78 is 38.0. The monoisotopic (exact) mass is 259 g/mol. The SMILES string of the molecule is NCCCCC(=O)Cc1ccccc1C(F)(F)F. The molecule has 0 fully saturated rings. The Kier molecular flexibility index (Phi) is 5.34. The highest BCUT2D eigenvalue weighted by molar-refractivity contribution is 5.81. The predicted octanol–water partition coefficient (Wildman–Crippen LogP) is 2.95. The first kappa shape index (κ1) is 14.7. The molecule has 100 valence electrons. The standard InChI is InChI=1S/C13H16F3NO/c14-13(15,16)12-7-2-1-5-10(12)9-11(18)6-3-4-8-17/h1-2,5,7H,3-4,6,8-9,17H2. The van der Waals surface area contributed by atoms with Crippen LogP contribution in [0.5, 0.6) is 0 Å². The zero-order valence-corrected chi connectivity index (χ0v) is 9.96. The van der Waals surface area contributed by atoms with Gasteiger partial charge in [0.15, 0.2) is 0 Å². The van der Waals surface area contributed by atoms with E-state index in [0.29, 0.717) is 19.4 Å². The van der Waals surface area contributed by atoms with Gasteiger partial charge in [-0.3, -0.25) is 4.79 Å². The number of carbonyl (C=O) groups is 1. The second kappa shape index (κ2) is 6.54. The maximum absolute atomic E-state index is 12.7. The van der Waals surface area contributed by atoms with Crippen molar-refractivity contribution in [3.05, 3.63) is 35.4 Å². The number of ketones is 1. The molecule has 0 aliphatic carbocycles. The number of halogens is 3. The molecule has 0 heterocycles. The Morgan fingerprint density at radius 1 is 1.17 bits per heavy atom. The number of benzene rings is 1. The van der Waals surface area contributed by atoms with Gasteiger partial charge in [0.1, 0.15) is 5.78 Å². The molecule has 0 saturated heterocycles. The molecule has 0 radical (unpaired) electrons. The lowest BCUT2D eigenvalue weighted by Gasteiger charge is -2.11. The molecule has 2 nitrogen and oxygen atoms in total. The van der Waals surface area contributed by atoms with Crippen LogP contribution in [0.4, 0.5) is 13.2 Å². The Balaban J connectivity index is 2.70. The molecule has 0 aliphatic rings. The van der Waals surface area contributed by atoms with E-state index in [2.05, 4.69) is 0 Å². The van der Waals surface area contributed by atoms with E-state index >= 15 is 0 Å². The summed E-state index contributed by atoms with van der Waals surface area (Å²) in [5.74, 6) is -0.180. The van der Waals surface area contributed by atoms with Crippen molar-refractivity contribution in [2.75, 3.05) is 6.54 Å². The Hall–Kier alpha value is -1.36. The topological polar surface area (TPSA) is 43.1 Å². The zero-order valence-electron chi connectivity index (χ0n) is 9.96. The molecular formula is C13H16F3NO. The Bertz CT molecular complexity index is 401. The maximum Gasteiger partial charge on any atom is 0.416 e. The second-order valence-corrected chi connectivity index (χ2v) is 4.12. The minimum absolute atomic E-state index is 0.0442. The molecule has 0 spiro atoms. The number of unbranched alkanes of at least 4 members (excludes halogenated alkanes) is 1. The van der Waals surface area contributed by atoms with Crippen LogP contribution in [0.2, 0.25) is 0 Å². The highest BCUT2D eigenvalue weighted by Gasteiger charge is 2.33. The van der Waals surface area contributed by atoms with E-state index in [4.69, 9.17) is 5.73 Å². The summed E-state index contributed by atoms with van der Waals surface area (Å²) in [6, 6.07) is 5.19. The van der Waals surface area contributed by atoms with Crippen LogP contribution in [0.3, 0.4) is 0 Å². The van der Waals surface area contributed by atoms with Gasteiger partial charge in [-0.05, 0) is 31.0 Å².